The van der Waals surface area contributed by atoms with Crippen LogP contribution in [0.4, 0.5) is 0 Å². The summed E-state index contributed by atoms with van der Waals surface area (Å²) in [4.78, 5) is 18.0. The molecule has 2 N–H and O–H groups in total. The Hall–Kier alpha value is -0.950. The summed E-state index contributed by atoms with van der Waals surface area (Å²) < 4.78 is 5.72. The van der Waals surface area contributed by atoms with Crippen molar-refractivity contribution in [2.24, 2.45) is 4.99 Å². The van der Waals surface area contributed by atoms with Gasteiger partial charge < -0.3 is 20.3 Å². The molecule has 0 aromatic rings. The summed E-state index contributed by atoms with van der Waals surface area (Å²) in [6, 6.07) is 0.289. The number of carbonyl (C=O) groups is 1. The number of nitrogens with one attached hydrogen (secondary N) is 2. The predicted molar refractivity (Wildman–Crippen MR) is 96.1 cm³/mol. The molecule has 2 fully saturated rings. The fourth-order valence-corrected chi connectivity index (χ4v) is 3.95. The van der Waals surface area contributed by atoms with Gasteiger partial charge >= 0.3 is 0 Å². The third-order valence-electron chi connectivity index (χ3n) is 4.82. The van der Waals surface area contributed by atoms with E-state index in [4.69, 9.17) is 4.74 Å². The molecular weight excluding hydrogens is 312 g/mol. The predicted octanol–water partition coefficient (Wildman–Crippen LogP) is 1.07. The van der Waals surface area contributed by atoms with E-state index in [2.05, 4.69) is 21.9 Å². The molecule has 1 atom stereocenters. The van der Waals surface area contributed by atoms with Crippen molar-refractivity contribution in [3.8, 4) is 0 Å². The molecule has 132 valence electrons. The lowest BCUT2D eigenvalue weighted by Gasteiger charge is -2.36. The van der Waals surface area contributed by atoms with E-state index in [0.717, 1.165) is 58.1 Å². The van der Waals surface area contributed by atoms with E-state index in [1.807, 2.05) is 23.6 Å². The van der Waals surface area contributed by atoms with Crippen LogP contribution in [-0.4, -0.2) is 73.7 Å². The maximum atomic E-state index is 11.8. The molecule has 7 heteroatoms. The molecule has 2 heterocycles. The van der Waals surface area contributed by atoms with Gasteiger partial charge in [-0.2, -0.15) is 11.8 Å². The van der Waals surface area contributed by atoms with Crippen LogP contribution < -0.4 is 10.6 Å². The summed E-state index contributed by atoms with van der Waals surface area (Å²) in [5.41, 5.74) is 0. The van der Waals surface area contributed by atoms with Gasteiger partial charge in [-0.1, -0.05) is 6.92 Å². The van der Waals surface area contributed by atoms with Gasteiger partial charge in [-0.15, -0.1) is 0 Å². The van der Waals surface area contributed by atoms with Crippen molar-refractivity contribution in [3.63, 3.8) is 0 Å². The largest absolute Gasteiger partial charge is 0.381 e. The van der Waals surface area contributed by atoms with Crippen molar-refractivity contribution in [1.82, 2.24) is 15.5 Å². The summed E-state index contributed by atoms with van der Waals surface area (Å²) in [5, 5.41) is 6.93. The standard InChI is InChI=1S/C16H30N4O2S/c1-4-14(21)20-8-5-13(11-20)19-15(17-2)18-12-16(23-3)6-9-22-10-7-16/h13H,4-12H2,1-3H3,(H2,17,18,19). The van der Waals surface area contributed by atoms with E-state index >= 15 is 0 Å². The fourth-order valence-electron chi connectivity index (χ4n) is 3.16. The van der Waals surface area contributed by atoms with Crippen LogP contribution in [0.15, 0.2) is 4.99 Å². The second-order valence-electron chi connectivity index (χ2n) is 6.25. The third kappa shape index (κ3) is 5.01. The average molecular weight is 343 g/mol. The van der Waals surface area contributed by atoms with Crippen LogP contribution >= 0.6 is 11.8 Å². The Labute approximate surface area is 143 Å². The van der Waals surface area contributed by atoms with Crippen LogP contribution in [0, 0.1) is 0 Å². The summed E-state index contributed by atoms with van der Waals surface area (Å²) >= 11 is 1.92. The zero-order valence-electron chi connectivity index (χ0n) is 14.6. The average Bonchev–Trinajstić information content (AvgIpc) is 3.07. The molecule has 2 saturated heterocycles. The monoisotopic (exact) mass is 342 g/mol. The zero-order chi connectivity index (χ0) is 16.7. The minimum Gasteiger partial charge on any atom is -0.381 e. The first-order chi connectivity index (χ1) is 11.1. The normalized spacial score (nSPS) is 24.6. The van der Waals surface area contributed by atoms with E-state index in [1.54, 1.807) is 7.05 Å². The summed E-state index contributed by atoms with van der Waals surface area (Å²) in [7, 11) is 1.80. The number of aliphatic imine (C=N–C) groups is 1. The highest BCUT2D eigenvalue weighted by molar-refractivity contribution is 8.00. The Morgan fingerprint density at radius 1 is 1.43 bits per heavy atom. The number of hydrogen-bond donors (Lipinski definition) is 2. The number of rotatable bonds is 5. The Morgan fingerprint density at radius 3 is 2.78 bits per heavy atom. The molecular formula is C16H30N4O2S. The van der Waals surface area contributed by atoms with Gasteiger partial charge in [0.25, 0.3) is 0 Å². The highest BCUT2D eigenvalue weighted by Gasteiger charge is 2.32. The molecule has 2 rings (SSSR count). The summed E-state index contributed by atoms with van der Waals surface area (Å²) in [5.74, 6) is 1.07. The molecule has 2 aliphatic rings. The van der Waals surface area contributed by atoms with Crippen molar-refractivity contribution in [2.45, 2.75) is 43.4 Å². The van der Waals surface area contributed by atoms with Crippen LogP contribution in [0.2, 0.25) is 0 Å². The highest BCUT2D eigenvalue weighted by atomic mass is 32.2. The van der Waals surface area contributed by atoms with Crippen molar-refractivity contribution < 1.29 is 9.53 Å². The van der Waals surface area contributed by atoms with Gasteiger partial charge in [-0.05, 0) is 25.5 Å². The Morgan fingerprint density at radius 2 is 2.17 bits per heavy atom. The van der Waals surface area contributed by atoms with Crippen LogP contribution in [0.1, 0.15) is 32.6 Å². The second kappa shape index (κ2) is 8.78. The van der Waals surface area contributed by atoms with Gasteiger partial charge in [0.05, 0.1) is 0 Å². The van der Waals surface area contributed by atoms with Crippen molar-refractivity contribution >= 4 is 23.6 Å². The molecule has 0 bridgehead atoms. The Kier molecular flexibility index (Phi) is 7.02. The summed E-state index contributed by atoms with van der Waals surface area (Å²) in [6.07, 6.45) is 5.88. The van der Waals surface area contributed by atoms with E-state index < -0.39 is 0 Å². The van der Waals surface area contributed by atoms with E-state index in [-0.39, 0.29) is 16.7 Å². The van der Waals surface area contributed by atoms with Gasteiger partial charge in [0, 0.05) is 57.1 Å². The molecule has 1 unspecified atom stereocenters. The number of ether oxygens (including phenoxy) is 1. The third-order valence-corrected chi connectivity index (χ3v) is 6.24. The van der Waals surface area contributed by atoms with Gasteiger partial charge in [0.1, 0.15) is 0 Å². The molecule has 6 nitrogen and oxygen atoms in total. The minimum absolute atomic E-state index is 0.232. The molecule has 0 aromatic carbocycles. The van der Waals surface area contributed by atoms with E-state index in [1.165, 1.54) is 0 Å². The second-order valence-corrected chi connectivity index (χ2v) is 7.52. The van der Waals surface area contributed by atoms with Gasteiger partial charge in [-0.25, -0.2) is 0 Å². The topological polar surface area (TPSA) is 66.0 Å². The fraction of sp³-hybridized carbons (Fsp3) is 0.875. The van der Waals surface area contributed by atoms with Gasteiger partial charge in [-0.3, -0.25) is 9.79 Å². The van der Waals surface area contributed by atoms with Gasteiger partial charge in [0.15, 0.2) is 5.96 Å². The van der Waals surface area contributed by atoms with Crippen molar-refractivity contribution in [3.05, 3.63) is 0 Å². The lowest BCUT2D eigenvalue weighted by atomic mass is 9.99. The number of guanidine groups is 1. The molecule has 0 aromatic heterocycles. The smallest absolute Gasteiger partial charge is 0.222 e. The number of amides is 1. The number of carbonyl (C=O) groups excluding carboxylic acids is 1. The maximum Gasteiger partial charge on any atom is 0.222 e. The number of likely N-dealkylation sites (tertiary alicyclic amines) is 1. The SMILES string of the molecule is CCC(=O)N1CCC(NC(=NC)NCC2(SC)CCOCC2)C1. The molecule has 2 aliphatic heterocycles. The zero-order valence-corrected chi connectivity index (χ0v) is 15.4. The lowest BCUT2D eigenvalue weighted by Crippen LogP contribution is -2.50. The quantitative estimate of drug-likeness (QED) is 0.578. The number of hydrogen-bond acceptors (Lipinski definition) is 4. The van der Waals surface area contributed by atoms with Crippen LogP contribution in [0.3, 0.4) is 0 Å². The highest BCUT2D eigenvalue weighted by Crippen LogP contribution is 2.32. The van der Waals surface area contributed by atoms with E-state index in [0.29, 0.717) is 6.42 Å². The first-order valence-corrected chi connectivity index (χ1v) is 9.73. The molecule has 0 aliphatic carbocycles. The molecule has 0 radical (unpaired) electrons. The number of nitrogens with zero attached hydrogens (tertiary/aromatic N) is 2. The molecule has 23 heavy (non-hydrogen) atoms. The molecule has 1 amide bonds. The number of thioether (sulfide) groups is 1. The van der Waals surface area contributed by atoms with E-state index in [9.17, 15) is 4.79 Å². The Balaban J connectivity index is 1.81. The molecule has 0 saturated carbocycles. The minimum atomic E-state index is 0.232. The van der Waals surface area contributed by atoms with Crippen LogP contribution in [0.25, 0.3) is 0 Å². The van der Waals surface area contributed by atoms with Crippen molar-refractivity contribution in [1.29, 1.82) is 0 Å². The van der Waals surface area contributed by atoms with Gasteiger partial charge in [0.2, 0.25) is 5.91 Å². The summed E-state index contributed by atoms with van der Waals surface area (Å²) in [6.45, 7) is 6.10. The Bertz CT molecular complexity index is 424. The lowest BCUT2D eigenvalue weighted by molar-refractivity contribution is -0.129. The van der Waals surface area contributed by atoms with Crippen LogP contribution in [-0.2, 0) is 9.53 Å². The van der Waals surface area contributed by atoms with Crippen LogP contribution in [0.5, 0.6) is 0 Å². The van der Waals surface area contributed by atoms with Crippen molar-refractivity contribution in [2.75, 3.05) is 46.2 Å². The first kappa shape index (κ1) is 18.4. The first-order valence-electron chi connectivity index (χ1n) is 8.50. The molecule has 0 spiro atoms. The maximum absolute atomic E-state index is 11.8.